The van der Waals surface area contributed by atoms with Gasteiger partial charge in [0.15, 0.2) is 0 Å². The van der Waals surface area contributed by atoms with E-state index in [9.17, 15) is 9.59 Å². The van der Waals surface area contributed by atoms with Crippen LogP contribution in [0.1, 0.15) is 31.9 Å². The molecule has 0 amide bonds. The van der Waals surface area contributed by atoms with E-state index in [0.717, 1.165) is 0 Å². The summed E-state index contributed by atoms with van der Waals surface area (Å²) < 4.78 is 15.5. The molecule has 1 unspecified atom stereocenters. The lowest BCUT2D eigenvalue weighted by atomic mass is 10.0. The van der Waals surface area contributed by atoms with Crippen molar-refractivity contribution < 1.29 is 23.8 Å². The van der Waals surface area contributed by atoms with Crippen molar-refractivity contribution in [2.45, 2.75) is 26.4 Å². The Morgan fingerprint density at radius 2 is 1.83 bits per heavy atom. The van der Waals surface area contributed by atoms with Gasteiger partial charge in [0, 0.05) is 10.6 Å². The molecule has 0 radical (unpaired) electrons. The molecule has 0 bridgehead atoms. The second-order valence-corrected chi connectivity index (χ2v) is 4.98. The van der Waals surface area contributed by atoms with Crippen molar-refractivity contribution in [3.8, 4) is 0 Å². The van der Waals surface area contributed by atoms with Crippen molar-refractivity contribution >= 4 is 23.5 Å². The first-order chi connectivity index (χ1) is 11.0. The number of rotatable bonds is 9. The summed E-state index contributed by atoms with van der Waals surface area (Å²) in [5, 5.41) is 0.444. The molecule has 0 saturated carbocycles. The minimum atomic E-state index is -0.780. The molecule has 126 valence electrons. The van der Waals surface area contributed by atoms with Crippen LogP contribution >= 0.6 is 11.6 Å². The Bertz CT molecular complexity index is 556. The van der Waals surface area contributed by atoms with E-state index in [-0.39, 0.29) is 31.2 Å². The molecule has 5 nitrogen and oxygen atoms in total. The average molecular weight is 341 g/mol. The Hall–Kier alpha value is -1.85. The van der Waals surface area contributed by atoms with Crippen molar-refractivity contribution in [2.24, 2.45) is 0 Å². The summed E-state index contributed by atoms with van der Waals surface area (Å²) in [5.41, 5.74) is 0.722. The maximum Gasteiger partial charge on any atom is 0.336 e. The molecule has 23 heavy (non-hydrogen) atoms. The summed E-state index contributed by atoms with van der Waals surface area (Å²) in [6.07, 6.45) is -0.706. The SMILES string of the molecule is C=C(C(=O)OCC)C(OCCC(=O)OCC)c1ccccc1Cl. The van der Waals surface area contributed by atoms with Crippen molar-refractivity contribution in [3.63, 3.8) is 0 Å². The Morgan fingerprint density at radius 3 is 2.43 bits per heavy atom. The van der Waals surface area contributed by atoms with Crippen molar-refractivity contribution in [2.75, 3.05) is 19.8 Å². The summed E-state index contributed by atoms with van der Waals surface area (Å²) in [7, 11) is 0. The molecule has 1 rings (SSSR count). The monoisotopic (exact) mass is 340 g/mol. The number of esters is 2. The number of ether oxygens (including phenoxy) is 3. The lowest BCUT2D eigenvalue weighted by Crippen LogP contribution is -2.18. The van der Waals surface area contributed by atoms with Crippen LogP contribution in [0.15, 0.2) is 36.4 Å². The van der Waals surface area contributed by atoms with Gasteiger partial charge in [0.2, 0.25) is 0 Å². The number of halogens is 1. The summed E-state index contributed by atoms with van der Waals surface area (Å²) >= 11 is 6.17. The Morgan fingerprint density at radius 1 is 1.17 bits per heavy atom. The summed E-state index contributed by atoms with van der Waals surface area (Å²) in [5.74, 6) is -0.930. The first kappa shape index (κ1) is 19.2. The molecule has 0 aliphatic heterocycles. The molecule has 0 N–H and O–H groups in total. The second kappa shape index (κ2) is 10.0. The fraction of sp³-hybridized carbons (Fsp3) is 0.412. The van der Waals surface area contributed by atoms with Crippen LogP contribution in [0.5, 0.6) is 0 Å². The van der Waals surface area contributed by atoms with E-state index in [1.54, 1.807) is 38.1 Å². The Labute approximate surface area is 141 Å². The van der Waals surface area contributed by atoms with Crippen molar-refractivity contribution in [3.05, 3.63) is 47.0 Å². The minimum absolute atomic E-state index is 0.0743. The van der Waals surface area contributed by atoms with Crippen LogP contribution in [0.3, 0.4) is 0 Å². The van der Waals surface area contributed by atoms with Crippen molar-refractivity contribution in [1.29, 1.82) is 0 Å². The van der Waals surface area contributed by atoms with Crippen molar-refractivity contribution in [1.82, 2.24) is 0 Å². The zero-order valence-electron chi connectivity index (χ0n) is 13.3. The molecule has 0 spiro atoms. The fourth-order valence-corrected chi connectivity index (χ4v) is 2.12. The normalized spacial score (nSPS) is 11.6. The molecule has 0 fully saturated rings. The van der Waals surface area contributed by atoms with E-state index < -0.39 is 12.1 Å². The van der Waals surface area contributed by atoms with Crippen LogP contribution in [-0.4, -0.2) is 31.8 Å². The lowest BCUT2D eigenvalue weighted by molar-refractivity contribution is -0.144. The smallest absolute Gasteiger partial charge is 0.336 e. The van der Waals surface area contributed by atoms with Crippen LogP contribution in [-0.2, 0) is 23.8 Å². The Balaban J connectivity index is 2.85. The van der Waals surface area contributed by atoms with E-state index in [0.29, 0.717) is 17.2 Å². The van der Waals surface area contributed by atoms with Gasteiger partial charge in [-0.25, -0.2) is 4.79 Å². The predicted molar refractivity (Wildman–Crippen MR) is 87.2 cm³/mol. The van der Waals surface area contributed by atoms with Crippen LogP contribution < -0.4 is 0 Å². The molecule has 1 aromatic carbocycles. The maximum absolute atomic E-state index is 11.9. The van der Waals surface area contributed by atoms with Gasteiger partial charge >= 0.3 is 11.9 Å². The minimum Gasteiger partial charge on any atom is -0.466 e. The summed E-state index contributed by atoms with van der Waals surface area (Å²) in [6, 6.07) is 6.98. The molecule has 0 aliphatic carbocycles. The lowest BCUT2D eigenvalue weighted by Gasteiger charge is -2.20. The quantitative estimate of drug-likeness (QED) is 0.509. The van der Waals surface area contributed by atoms with Crippen LogP contribution in [0, 0.1) is 0 Å². The number of carbonyl (C=O) groups is 2. The molecule has 6 heteroatoms. The molecule has 0 heterocycles. The largest absolute Gasteiger partial charge is 0.466 e. The Kier molecular flexibility index (Phi) is 8.37. The highest BCUT2D eigenvalue weighted by atomic mass is 35.5. The maximum atomic E-state index is 11.9. The highest BCUT2D eigenvalue weighted by Gasteiger charge is 2.25. The third-order valence-electron chi connectivity index (χ3n) is 2.94. The van der Waals surface area contributed by atoms with E-state index in [2.05, 4.69) is 6.58 Å². The second-order valence-electron chi connectivity index (χ2n) is 4.57. The third kappa shape index (κ3) is 6.04. The van der Waals surface area contributed by atoms with E-state index in [1.807, 2.05) is 0 Å². The first-order valence-electron chi connectivity index (χ1n) is 7.38. The molecule has 1 aromatic rings. The average Bonchev–Trinajstić information content (AvgIpc) is 2.52. The summed E-state index contributed by atoms with van der Waals surface area (Å²) in [4.78, 5) is 23.3. The van der Waals surface area contributed by atoms with Crippen LogP contribution in [0.2, 0.25) is 5.02 Å². The first-order valence-corrected chi connectivity index (χ1v) is 7.76. The predicted octanol–water partition coefficient (Wildman–Crippen LogP) is 3.47. The third-order valence-corrected chi connectivity index (χ3v) is 3.28. The summed E-state index contributed by atoms with van der Waals surface area (Å²) in [6.45, 7) is 7.80. The topological polar surface area (TPSA) is 61.8 Å². The molecule has 0 saturated heterocycles. The van der Waals surface area contributed by atoms with Gasteiger partial charge in [0.1, 0.15) is 6.10 Å². The number of benzene rings is 1. The highest BCUT2D eigenvalue weighted by molar-refractivity contribution is 6.31. The van der Waals surface area contributed by atoms with Gasteiger partial charge in [-0.05, 0) is 19.9 Å². The van der Waals surface area contributed by atoms with Gasteiger partial charge in [-0.1, -0.05) is 36.4 Å². The standard InChI is InChI=1S/C17H21ClO5/c1-4-21-15(19)10-11-23-16(12(3)17(20)22-5-2)13-8-6-7-9-14(13)18/h6-9,16H,3-5,10-11H2,1-2H3. The van der Waals surface area contributed by atoms with Gasteiger partial charge in [0.25, 0.3) is 0 Å². The van der Waals surface area contributed by atoms with Gasteiger partial charge in [-0.2, -0.15) is 0 Å². The van der Waals surface area contributed by atoms with Gasteiger partial charge in [0.05, 0.1) is 31.8 Å². The fourth-order valence-electron chi connectivity index (χ4n) is 1.89. The molecular formula is C17H21ClO5. The highest BCUT2D eigenvalue weighted by Crippen LogP contribution is 2.31. The molecular weight excluding hydrogens is 320 g/mol. The van der Waals surface area contributed by atoms with E-state index in [4.69, 9.17) is 25.8 Å². The number of carbonyl (C=O) groups excluding carboxylic acids is 2. The molecule has 0 aliphatic rings. The zero-order chi connectivity index (χ0) is 17.2. The van der Waals surface area contributed by atoms with Gasteiger partial charge < -0.3 is 14.2 Å². The van der Waals surface area contributed by atoms with Gasteiger partial charge in [-0.3, -0.25) is 4.79 Å². The van der Waals surface area contributed by atoms with Crippen LogP contribution in [0.4, 0.5) is 0 Å². The van der Waals surface area contributed by atoms with E-state index >= 15 is 0 Å². The molecule has 0 aromatic heterocycles. The number of hydrogen-bond acceptors (Lipinski definition) is 5. The zero-order valence-corrected chi connectivity index (χ0v) is 14.1. The van der Waals surface area contributed by atoms with Gasteiger partial charge in [-0.15, -0.1) is 0 Å². The van der Waals surface area contributed by atoms with E-state index in [1.165, 1.54) is 0 Å². The number of hydrogen-bond donors (Lipinski definition) is 0. The molecule has 1 atom stereocenters. The van der Waals surface area contributed by atoms with Crippen LogP contribution in [0.25, 0.3) is 0 Å².